The molecule has 0 radical (unpaired) electrons. The number of nitrogens with zero attached hydrogens (tertiary/aromatic N) is 4. The summed E-state index contributed by atoms with van der Waals surface area (Å²) >= 11 is 5.94. The summed E-state index contributed by atoms with van der Waals surface area (Å²) in [6, 6.07) is 11.1. The Morgan fingerprint density at radius 3 is 2.66 bits per heavy atom. The highest BCUT2D eigenvalue weighted by atomic mass is 35.5. The van der Waals surface area contributed by atoms with Gasteiger partial charge in [0.05, 0.1) is 41.0 Å². The topological polar surface area (TPSA) is 115 Å². The number of non-ortho nitro benzene ring substituents is 1. The molecule has 3 aromatic carbocycles. The molecule has 2 heterocycles. The maximum absolute atomic E-state index is 14.5. The Morgan fingerprint density at radius 1 is 1.07 bits per heavy atom. The zero-order valence-corrected chi connectivity index (χ0v) is 22.7. The van der Waals surface area contributed by atoms with Crippen molar-refractivity contribution in [2.45, 2.75) is 13.0 Å². The number of ether oxygens (including phenoxy) is 2. The van der Waals surface area contributed by atoms with Gasteiger partial charge in [-0.2, -0.15) is 0 Å². The van der Waals surface area contributed by atoms with Crippen molar-refractivity contribution < 1.29 is 23.2 Å². The molecule has 4 aromatic rings. The van der Waals surface area contributed by atoms with Gasteiger partial charge in [-0.15, -0.1) is 0 Å². The molecule has 13 heteroatoms. The lowest BCUT2D eigenvalue weighted by molar-refractivity contribution is -0.385. The molecule has 0 amide bonds. The Hall–Kier alpha value is -4.13. The molecule has 5 rings (SSSR count). The van der Waals surface area contributed by atoms with Crippen LogP contribution in [-0.2, 0) is 11.3 Å². The van der Waals surface area contributed by atoms with E-state index in [1.807, 2.05) is 0 Å². The van der Waals surface area contributed by atoms with Gasteiger partial charge in [-0.3, -0.25) is 15.0 Å². The van der Waals surface area contributed by atoms with Crippen LogP contribution in [0.2, 0.25) is 5.02 Å². The van der Waals surface area contributed by atoms with Crippen molar-refractivity contribution in [3.05, 3.63) is 87.2 Å². The molecule has 1 aliphatic rings. The largest absolute Gasteiger partial charge is 0.491 e. The Labute approximate surface area is 239 Å². The van der Waals surface area contributed by atoms with Crippen LogP contribution in [0, 0.1) is 21.7 Å². The second-order valence-corrected chi connectivity index (χ2v) is 9.79. The first kappa shape index (κ1) is 28.4. The number of morpholine rings is 1. The molecular formula is C28H27ClF2N6O4. The lowest BCUT2D eigenvalue weighted by atomic mass is 10.1. The number of fused-ring (bicyclic) bond motifs is 1. The second-order valence-electron chi connectivity index (χ2n) is 9.38. The van der Waals surface area contributed by atoms with E-state index in [1.165, 1.54) is 30.6 Å². The summed E-state index contributed by atoms with van der Waals surface area (Å²) in [6.45, 7) is 4.43. The summed E-state index contributed by atoms with van der Waals surface area (Å²) in [7, 11) is 0. The summed E-state index contributed by atoms with van der Waals surface area (Å²) in [4.78, 5) is 21.7. The molecule has 41 heavy (non-hydrogen) atoms. The summed E-state index contributed by atoms with van der Waals surface area (Å²) in [6.07, 6.45) is 2.17. The molecule has 0 bridgehead atoms. The van der Waals surface area contributed by atoms with E-state index in [1.54, 1.807) is 12.1 Å². The summed E-state index contributed by atoms with van der Waals surface area (Å²) in [5, 5.41) is 18.1. The highest BCUT2D eigenvalue weighted by Crippen LogP contribution is 2.34. The third-order valence-electron chi connectivity index (χ3n) is 6.61. The second kappa shape index (κ2) is 13.0. The van der Waals surface area contributed by atoms with Crippen molar-refractivity contribution in [2.75, 3.05) is 50.1 Å². The van der Waals surface area contributed by atoms with Crippen LogP contribution in [0.3, 0.4) is 0 Å². The molecule has 0 unspecified atom stereocenters. The number of nitro benzene ring substituents is 1. The van der Waals surface area contributed by atoms with Crippen molar-refractivity contribution in [2.24, 2.45) is 0 Å². The zero-order chi connectivity index (χ0) is 28.8. The first-order chi connectivity index (χ1) is 19.9. The van der Waals surface area contributed by atoms with Crippen molar-refractivity contribution in [1.29, 1.82) is 0 Å². The number of hydrogen-bond donors (Lipinski definition) is 2. The maximum atomic E-state index is 14.5. The lowest BCUT2D eigenvalue weighted by Crippen LogP contribution is -2.37. The van der Waals surface area contributed by atoms with E-state index in [0.29, 0.717) is 53.7 Å². The van der Waals surface area contributed by atoms with Crippen LogP contribution in [0.5, 0.6) is 5.75 Å². The SMILES string of the molecule is O=[N+]([O-])c1ccc(F)c(CNc2cc3c(Nc4ccc(F)c(Cl)c4)ncnc3cc2OCCCN2CCOCC2)c1. The van der Waals surface area contributed by atoms with Crippen LogP contribution in [0.1, 0.15) is 12.0 Å². The quantitative estimate of drug-likeness (QED) is 0.126. The van der Waals surface area contributed by atoms with Crippen molar-refractivity contribution in [3.63, 3.8) is 0 Å². The summed E-state index contributed by atoms with van der Waals surface area (Å²) < 4.78 is 39.7. The molecule has 1 fully saturated rings. The van der Waals surface area contributed by atoms with Gasteiger partial charge in [-0.1, -0.05) is 11.6 Å². The number of hydrogen-bond acceptors (Lipinski definition) is 9. The molecule has 10 nitrogen and oxygen atoms in total. The fraction of sp³-hybridized carbons (Fsp3) is 0.286. The minimum Gasteiger partial charge on any atom is -0.491 e. The van der Waals surface area contributed by atoms with Crippen molar-refractivity contribution in [3.8, 4) is 5.75 Å². The molecule has 1 saturated heterocycles. The Bertz CT molecular complexity index is 1550. The Balaban J connectivity index is 1.41. The molecule has 0 atom stereocenters. The van der Waals surface area contributed by atoms with Crippen molar-refractivity contribution >= 4 is 45.4 Å². The van der Waals surface area contributed by atoms with E-state index >= 15 is 0 Å². The Morgan fingerprint density at radius 2 is 1.88 bits per heavy atom. The van der Waals surface area contributed by atoms with Crippen LogP contribution in [-0.4, -0.2) is 59.2 Å². The molecular weight excluding hydrogens is 558 g/mol. The molecule has 0 saturated carbocycles. The number of nitrogens with one attached hydrogen (secondary N) is 2. The van der Waals surface area contributed by atoms with Gasteiger partial charge in [0, 0.05) is 61.0 Å². The molecule has 1 aliphatic heterocycles. The van der Waals surface area contributed by atoms with E-state index in [9.17, 15) is 18.9 Å². The van der Waals surface area contributed by atoms with Gasteiger partial charge in [0.25, 0.3) is 5.69 Å². The predicted octanol–water partition coefficient (Wildman–Crippen LogP) is 5.93. The average Bonchev–Trinajstić information content (AvgIpc) is 2.97. The number of rotatable bonds is 11. The molecule has 2 N–H and O–H groups in total. The fourth-order valence-corrected chi connectivity index (χ4v) is 4.63. The van der Waals surface area contributed by atoms with Crippen LogP contribution < -0.4 is 15.4 Å². The summed E-state index contributed by atoms with van der Waals surface area (Å²) in [5.74, 6) is -0.197. The highest BCUT2D eigenvalue weighted by Gasteiger charge is 2.16. The third kappa shape index (κ3) is 7.15. The normalized spacial score (nSPS) is 13.7. The van der Waals surface area contributed by atoms with Gasteiger partial charge in [0.2, 0.25) is 0 Å². The lowest BCUT2D eigenvalue weighted by Gasteiger charge is -2.26. The van der Waals surface area contributed by atoms with Crippen molar-refractivity contribution in [1.82, 2.24) is 14.9 Å². The summed E-state index contributed by atoms with van der Waals surface area (Å²) in [5.41, 5.74) is 1.53. The molecule has 214 valence electrons. The Kier molecular flexibility index (Phi) is 9.02. The standard InChI is InChI=1S/C28H27ClF2N6O4/c29-22-13-19(2-4-24(22)31)35-28-21-14-26(32-16-18-12-20(37(38)39)3-5-23(18)30)27(15-25(21)33-17-34-28)41-9-1-6-36-7-10-40-11-8-36/h2-5,12-15,17,32H,1,6-11,16H2,(H,33,34,35). The number of aromatic nitrogens is 2. The number of halogens is 3. The van der Waals surface area contributed by atoms with E-state index in [4.69, 9.17) is 21.1 Å². The van der Waals surface area contributed by atoms with E-state index in [2.05, 4.69) is 25.5 Å². The molecule has 0 spiro atoms. The maximum Gasteiger partial charge on any atom is 0.269 e. The van der Waals surface area contributed by atoms with E-state index < -0.39 is 16.6 Å². The first-order valence-electron chi connectivity index (χ1n) is 13.0. The van der Waals surface area contributed by atoms with Gasteiger partial charge < -0.3 is 20.1 Å². The minimum atomic E-state index is -0.573. The van der Waals surface area contributed by atoms with Gasteiger partial charge in [-0.05, 0) is 36.8 Å². The van der Waals surface area contributed by atoms with Gasteiger partial charge >= 0.3 is 0 Å². The van der Waals surface area contributed by atoms with E-state index in [0.717, 1.165) is 38.2 Å². The molecule has 1 aromatic heterocycles. The van der Waals surface area contributed by atoms with Crippen LogP contribution in [0.25, 0.3) is 10.9 Å². The monoisotopic (exact) mass is 584 g/mol. The number of anilines is 3. The third-order valence-corrected chi connectivity index (χ3v) is 6.90. The average molecular weight is 585 g/mol. The highest BCUT2D eigenvalue weighted by molar-refractivity contribution is 6.31. The predicted molar refractivity (Wildman–Crippen MR) is 152 cm³/mol. The van der Waals surface area contributed by atoms with Gasteiger partial charge in [0.15, 0.2) is 0 Å². The fourth-order valence-electron chi connectivity index (χ4n) is 4.45. The van der Waals surface area contributed by atoms with Gasteiger partial charge in [0.1, 0.15) is 29.5 Å². The smallest absolute Gasteiger partial charge is 0.269 e. The number of benzene rings is 3. The number of nitro groups is 1. The van der Waals surface area contributed by atoms with Crippen LogP contribution in [0.15, 0.2) is 54.9 Å². The molecule has 0 aliphatic carbocycles. The minimum absolute atomic E-state index is 0.0345. The van der Waals surface area contributed by atoms with Gasteiger partial charge in [-0.25, -0.2) is 18.7 Å². The van der Waals surface area contributed by atoms with Crippen LogP contribution in [0.4, 0.5) is 31.7 Å². The first-order valence-corrected chi connectivity index (χ1v) is 13.4. The van der Waals surface area contributed by atoms with Crippen LogP contribution >= 0.6 is 11.6 Å². The van der Waals surface area contributed by atoms with E-state index in [-0.39, 0.29) is 22.8 Å². The zero-order valence-electron chi connectivity index (χ0n) is 21.9.